The summed E-state index contributed by atoms with van der Waals surface area (Å²) >= 11 is 0. The maximum atomic E-state index is 14.1. The summed E-state index contributed by atoms with van der Waals surface area (Å²) in [7, 11) is 0. The fourth-order valence-electron chi connectivity index (χ4n) is 10.1. The Balaban J connectivity index is 2.16. The van der Waals surface area contributed by atoms with Gasteiger partial charge in [0.15, 0.2) is 0 Å². The number of hydrogen-bond acceptors (Lipinski definition) is 19. The lowest BCUT2D eigenvalue weighted by Gasteiger charge is -2.35. The van der Waals surface area contributed by atoms with Crippen LogP contribution in [0.3, 0.4) is 0 Å². The number of hydrogen-bond donors (Lipinski definition) is 1. The first-order chi connectivity index (χ1) is 44.4. The molecule has 0 heterocycles. The van der Waals surface area contributed by atoms with Gasteiger partial charge in [-0.2, -0.15) is 0 Å². The van der Waals surface area contributed by atoms with Crippen LogP contribution in [0.1, 0.15) is 201 Å². The minimum atomic E-state index is -1.41. The quantitative estimate of drug-likeness (QED) is 0.0363. The lowest BCUT2D eigenvalue weighted by Crippen LogP contribution is -2.40. The van der Waals surface area contributed by atoms with E-state index in [2.05, 4.69) is 13.8 Å². The van der Waals surface area contributed by atoms with Gasteiger partial charge in [-0.1, -0.05) is 174 Å². The minimum absolute atomic E-state index is 0.0368. The van der Waals surface area contributed by atoms with Gasteiger partial charge in [-0.3, -0.25) is 19.2 Å². The maximum Gasteiger partial charge on any atom is 0.312 e. The van der Waals surface area contributed by atoms with Crippen LogP contribution in [0, 0.1) is 22.7 Å². The van der Waals surface area contributed by atoms with Crippen molar-refractivity contribution >= 4 is 23.9 Å². The Morgan fingerprint density at radius 3 is 0.989 bits per heavy atom. The normalized spacial score (nSPS) is 13.6. The van der Waals surface area contributed by atoms with Crippen molar-refractivity contribution in [3.8, 4) is 0 Å². The number of unbranched alkanes of at least 4 members (excludes halogenated alkanes) is 18. The third-order valence-corrected chi connectivity index (χ3v) is 15.8. The van der Waals surface area contributed by atoms with Gasteiger partial charge < -0.3 is 76.2 Å². The number of carboxylic acids is 1. The third-order valence-electron chi connectivity index (χ3n) is 15.8. The van der Waals surface area contributed by atoms with Crippen LogP contribution in [0.15, 0.2) is 30.3 Å². The highest BCUT2D eigenvalue weighted by molar-refractivity contribution is 5.81. The zero-order chi connectivity index (χ0) is 66.2. The molecule has 0 aromatic heterocycles. The molecule has 0 radical (unpaired) electrons. The van der Waals surface area contributed by atoms with Crippen molar-refractivity contribution in [2.75, 3.05) is 172 Å². The number of benzene rings is 1. The zero-order valence-electron chi connectivity index (χ0n) is 57.8. The molecule has 20 heteroatoms. The van der Waals surface area contributed by atoms with Gasteiger partial charge in [-0.25, -0.2) is 0 Å². The van der Waals surface area contributed by atoms with E-state index in [1.54, 1.807) is 13.8 Å². The molecule has 532 valence electrons. The van der Waals surface area contributed by atoms with Crippen molar-refractivity contribution in [3.63, 3.8) is 0 Å². The highest BCUT2D eigenvalue weighted by Crippen LogP contribution is 2.41. The molecular weight excluding hydrogens is 1170 g/mol. The zero-order valence-corrected chi connectivity index (χ0v) is 57.8. The molecule has 1 aromatic rings. The van der Waals surface area contributed by atoms with E-state index in [1.807, 2.05) is 37.3 Å². The number of aliphatic carboxylic acids is 1. The molecule has 1 rings (SSSR count). The fourth-order valence-corrected chi connectivity index (χ4v) is 10.1. The average Bonchev–Trinajstić information content (AvgIpc) is 0.952. The summed E-state index contributed by atoms with van der Waals surface area (Å²) in [6.07, 6.45) is 24.8. The van der Waals surface area contributed by atoms with E-state index >= 15 is 0 Å². The second kappa shape index (κ2) is 62.7. The molecule has 4 unspecified atom stereocenters. The van der Waals surface area contributed by atoms with Gasteiger partial charge in [-0.05, 0) is 57.9 Å². The van der Waals surface area contributed by atoms with Crippen molar-refractivity contribution in [1.29, 1.82) is 0 Å². The highest BCUT2D eigenvalue weighted by atomic mass is 16.6. The van der Waals surface area contributed by atoms with Gasteiger partial charge in [-0.15, -0.1) is 0 Å². The van der Waals surface area contributed by atoms with Gasteiger partial charge in [0.25, 0.3) is 0 Å². The summed E-state index contributed by atoms with van der Waals surface area (Å²) in [6.45, 7) is 22.4. The number of carboxylic acid groups (broad SMARTS) is 1. The standard InChI is InChI=1S/C71H128O20/c1-7-10-12-14-16-18-20-22-24-29-33-77-35-36-78-37-38-79-39-40-80-41-42-81-43-44-82-45-46-83-47-48-84-49-50-85-51-52-86-53-54-87-55-56-88-57-58-90-69(76)71(6,59-63(4)66(72)73)61-65(67(74)89-34-30-25-23-21-19-17-15-13-11-8-2)60-70(5,9-3)68(75)91-62-64-31-27-26-28-32-64/h26-28,31-32,63,65H,7-25,29-30,33-62H2,1-6H3,(H,72,73). The van der Waals surface area contributed by atoms with Crippen LogP contribution in [0.2, 0.25) is 0 Å². The summed E-state index contributed by atoms with van der Waals surface area (Å²) in [5, 5.41) is 9.95. The Hall–Kier alpha value is -3.38. The Labute approximate surface area is 549 Å². The van der Waals surface area contributed by atoms with Gasteiger partial charge in [0.1, 0.15) is 13.2 Å². The number of ether oxygens (including phenoxy) is 15. The summed E-state index contributed by atoms with van der Waals surface area (Å²) in [5.41, 5.74) is -1.69. The van der Waals surface area contributed by atoms with E-state index < -0.39 is 46.5 Å². The average molecular weight is 1300 g/mol. The van der Waals surface area contributed by atoms with Crippen LogP contribution in [-0.4, -0.2) is 201 Å². The molecule has 1 aromatic carbocycles. The molecule has 0 aliphatic rings. The molecule has 0 saturated carbocycles. The SMILES string of the molecule is CCCCCCCCCCCCOCCOCCOCCOCCOCCOCCOCCOCCOCCOCCOCCOCCOC(=O)C(C)(CC(C)C(=O)O)CC(CC(C)(CC)C(=O)OCc1ccccc1)C(=O)OCCCCCCCCCCCC. The Morgan fingerprint density at radius 2 is 0.648 bits per heavy atom. The van der Waals surface area contributed by atoms with Gasteiger partial charge >= 0.3 is 23.9 Å². The van der Waals surface area contributed by atoms with Crippen molar-refractivity contribution in [1.82, 2.24) is 0 Å². The van der Waals surface area contributed by atoms with E-state index in [1.165, 1.54) is 103 Å². The van der Waals surface area contributed by atoms with E-state index in [4.69, 9.17) is 71.1 Å². The molecule has 0 amide bonds. The molecule has 0 aliphatic carbocycles. The molecule has 4 atom stereocenters. The second-order valence-electron chi connectivity index (χ2n) is 24.1. The first-order valence-corrected chi connectivity index (χ1v) is 35.1. The van der Waals surface area contributed by atoms with Crippen molar-refractivity contribution in [2.24, 2.45) is 22.7 Å². The highest BCUT2D eigenvalue weighted by Gasteiger charge is 2.46. The van der Waals surface area contributed by atoms with Crippen LogP contribution in [0.5, 0.6) is 0 Å². The van der Waals surface area contributed by atoms with Crippen LogP contribution in [0.4, 0.5) is 0 Å². The molecule has 1 N–H and O–H groups in total. The third kappa shape index (κ3) is 51.6. The topological polar surface area (TPSA) is 227 Å². The molecule has 20 nitrogen and oxygen atoms in total. The van der Waals surface area contributed by atoms with E-state index in [0.29, 0.717) is 152 Å². The van der Waals surface area contributed by atoms with E-state index in [0.717, 1.165) is 37.9 Å². The Bertz CT molecular complexity index is 1800. The number of esters is 3. The van der Waals surface area contributed by atoms with E-state index in [-0.39, 0.29) is 52.3 Å². The summed E-state index contributed by atoms with van der Waals surface area (Å²) in [5.74, 6) is -4.61. The largest absolute Gasteiger partial charge is 0.481 e. The molecule has 0 saturated heterocycles. The van der Waals surface area contributed by atoms with Gasteiger partial charge in [0, 0.05) is 6.61 Å². The van der Waals surface area contributed by atoms with Gasteiger partial charge in [0.05, 0.1) is 181 Å². The fraction of sp³-hybridized carbons (Fsp3) is 0.859. The summed E-state index contributed by atoms with van der Waals surface area (Å²) in [4.78, 5) is 54.0. The number of carbonyl (C=O) groups is 4. The summed E-state index contributed by atoms with van der Waals surface area (Å²) < 4.78 is 84.4. The van der Waals surface area contributed by atoms with E-state index in [9.17, 15) is 24.3 Å². The Kier molecular flexibility index (Phi) is 59.0. The lowest BCUT2D eigenvalue weighted by molar-refractivity contribution is -0.164. The summed E-state index contributed by atoms with van der Waals surface area (Å²) in [6, 6.07) is 9.35. The predicted molar refractivity (Wildman–Crippen MR) is 352 cm³/mol. The van der Waals surface area contributed by atoms with Gasteiger partial charge in [0.2, 0.25) is 0 Å². The molecule has 0 fully saturated rings. The Morgan fingerprint density at radius 1 is 0.352 bits per heavy atom. The van der Waals surface area contributed by atoms with Crippen LogP contribution in [0.25, 0.3) is 0 Å². The monoisotopic (exact) mass is 1300 g/mol. The number of rotatable bonds is 71. The molecule has 0 aliphatic heterocycles. The number of carbonyl (C=O) groups excluding carboxylic acids is 3. The molecular formula is C71H128O20. The van der Waals surface area contributed by atoms with Crippen molar-refractivity contribution in [3.05, 3.63) is 35.9 Å². The second-order valence-corrected chi connectivity index (χ2v) is 24.1. The van der Waals surface area contributed by atoms with Crippen molar-refractivity contribution < 1.29 is 95.3 Å². The van der Waals surface area contributed by atoms with Crippen molar-refractivity contribution in [2.45, 2.75) is 202 Å². The maximum absolute atomic E-state index is 14.1. The first-order valence-electron chi connectivity index (χ1n) is 35.1. The lowest BCUT2D eigenvalue weighted by atomic mass is 9.70. The predicted octanol–water partition coefficient (Wildman–Crippen LogP) is 12.8. The van der Waals surface area contributed by atoms with Crippen LogP contribution < -0.4 is 0 Å². The molecule has 0 bridgehead atoms. The molecule has 0 spiro atoms. The van der Waals surface area contributed by atoms with Crippen LogP contribution in [-0.2, 0) is 96.8 Å². The minimum Gasteiger partial charge on any atom is -0.481 e. The van der Waals surface area contributed by atoms with Crippen LogP contribution >= 0.6 is 0 Å². The smallest absolute Gasteiger partial charge is 0.312 e. The molecule has 91 heavy (non-hydrogen) atoms. The first kappa shape index (κ1) is 85.6.